The van der Waals surface area contributed by atoms with E-state index in [0.29, 0.717) is 17.8 Å². The van der Waals surface area contributed by atoms with Gasteiger partial charge in [-0.3, -0.25) is 0 Å². The molecule has 2 N–H and O–H groups in total. The Labute approximate surface area is 145 Å². The van der Waals surface area contributed by atoms with Crippen LogP contribution in [0.2, 0.25) is 0 Å². The number of hydrogen-bond acceptors (Lipinski definition) is 3. The Morgan fingerprint density at radius 1 is 1.08 bits per heavy atom. The van der Waals surface area contributed by atoms with Crippen LogP contribution in [0.25, 0.3) is 0 Å². The molecule has 130 valence electrons. The third-order valence-electron chi connectivity index (χ3n) is 4.46. The van der Waals surface area contributed by atoms with E-state index in [-0.39, 0.29) is 17.3 Å². The molecule has 2 aromatic carbocycles. The van der Waals surface area contributed by atoms with Crippen LogP contribution in [0.1, 0.15) is 28.8 Å². The SMILES string of the molecule is COC(=O)c1ccc(NC(=O)NCC2(c3ccc(F)cc3)CC2)cc1. The van der Waals surface area contributed by atoms with E-state index >= 15 is 0 Å². The van der Waals surface area contributed by atoms with Crippen molar-refractivity contribution in [3.05, 3.63) is 65.5 Å². The van der Waals surface area contributed by atoms with Crippen LogP contribution >= 0.6 is 0 Å². The average molecular weight is 342 g/mol. The van der Waals surface area contributed by atoms with E-state index < -0.39 is 5.97 Å². The summed E-state index contributed by atoms with van der Waals surface area (Å²) in [6.45, 7) is 0.491. The number of rotatable bonds is 5. The summed E-state index contributed by atoms with van der Waals surface area (Å²) in [5.41, 5.74) is 1.94. The first kappa shape index (κ1) is 17.0. The van der Waals surface area contributed by atoms with E-state index in [1.54, 1.807) is 36.4 Å². The summed E-state index contributed by atoms with van der Waals surface area (Å²) in [5.74, 6) is -0.688. The predicted molar refractivity (Wildman–Crippen MR) is 92.1 cm³/mol. The quantitative estimate of drug-likeness (QED) is 0.818. The maximum atomic E-state index is 13.0. The van der Waals surface area contributed by atoms with Crippen molar-refractivity contribution in [3.63, 3.8) is 0 Å². The molecule has 2 amide bonds. The van der Waals surface area contributed by atoms with Gasteiger partial charge in [-0.2, -0.15) is 0 Å². The molecule has 0 aliphatic heterocycles. The number of carbonyl (C=O) groups is 2. The van der Waals surface area contributed by atoms with Gasteiger partial charge in [-0.25, -0.2) is 14.0 Å². The molecule has 5 nitrogen and oxygen atoms in total. The number of methoxy groups -OCH3 is 1. The number of carbonyl (C=O) groups excluding carboxylic acids is 2. The number of ether oxygens (including phenoxy) is 1. The molecule has 25 heavy (non-hydrogen) atoms. The zero-order chi connectivity index (χ0) is 17.9. The van der Waals surface area contributed by atoms with Crippen molar-refractivity contribution < 1.29 is 18.7 Å². The molecule has 0 aromatic heterocycles. The second-order valence-electron chi connectivity index (χ2n) is 6.16. The fourth-order valence-electron chi connectivity index (χ4n) is 2.75. The van der Waals surface area contributed by atoms with Crippen LogP contribution < -0.4 is 10.6 Å². The van der Waals surface area contributed by atoms with Crippen LogP contribution in [0.4, 0.5) is 14.9 Å². The van der Waals surface area contributed by atoms with Crippen molar-refractivity contribution in [1.82, 2.24) is 5.32 Å². The lowest BCUT2D eigenvalue weighted by atomic mass is 9.96. The molecule has 1 saturated carbocycles. The normalized spacial score (nSPS) is 14.5. The number of benzene rings is 2. The van der Waals surface area contributed by atoms with Gasteiger partial charge in [0.1, 0.15) is 5.82 Å². The molecule has 2 aromatic rings. The smallest absolute Gasteiger partial charge is 0.337 e. The molecule has 0 bridgehead atoms. The molecule has 1 aliphatic rings. The maximum absolute atomic E-state index is 13.0. The number of hydrogen-bond donors (Lipinski definition) is 2. The van der Waals surface area contributed by atoms with Crippen molar-refractivity contribution in [1.29, 1.82) is 0 Å². The Balaban J connectivity index is 1.54. The van der Waals surface area contributed by atoms with Gasteiger partial charge in [0.05, 0.1) is 12.7 Å². The van der Waals surface area contributed by atoms with Crippen LogP contribution in [-0.4, -0.2) is 25.7 Å². The summed E-state index contributed by atoms with van der Waals surface area (Å²) < 4.78 is 17.7. The third kappa shape index (κ3) is 3.96. The van der Waals surface area contributed by atoms with Crippen LogP contribution in [0.15, 0.2) is 48.5 Å². The summed E-state index contributed by atoms with van der Waals surface area (Å²) in [7, 11) is 1.32. The number of amides is 2. The molecular weight excluding hydrogens is 323 g/mol. The second kappa shape index (κ2) is 6.93. The summed E-state index contributed by atoms with van der Waals surface area (Å²) >= 11 is 0. The molecular formula is C19H19FN2O3. The minimum absolute atomic E-state index is 0.0974. The molecule has 0 spiro atoms. The maximum Gasteiger partial charge on any atom is 0.337 e. The standard InChI is InChI=1S/C19H19FN2O3/c1-25-17(23)13-2-8-16(9-3-13)22-18(24)21-12-19(10-11-19)14-4-6-15(20)7-5-14/h2-9H,10-12H2,1H3,(H2,21,22,24). The van der Waals surface area contributed by atoms with E-state index in [1.165, 1.54) is 19.2 Å². The Bertz CT molecular complexity index is 768. The van der Waals surface area contributed by atoms with E-state index in [2.05, 4.69) is 15.4 Å². The Morgan fingerprint density at radius 2 is 1.72 bits per heavy atom. The van der Waals surface area contributed by atoms with Crippen molar-refractivity contribution in [2.45, 2.75) is 18.3 Å². The number of nitrogens with one attached hydrogen (secondary N) is 2. The van der Waals surface area contributed by atoms with Gasteiger partial charge < -0.3 is 15.4 Å². The fourth-order valence-corrected chi connectivity index (χ4v) is 2.75. The minimum atomic E-state index is -0.425. The van der Waals surface area contributed by atoms with Crippen LogP contribution in [0, 0.1) is 5.82 Å². The molecule has 3 rings (SSSR count). The molecule has 0 saturated heterocycles. The van der Waals surface area contributed by atoms with Gasteiger partial charge >= 0.3 is 12.0 Å². The molecule has 1 aliphatic carbocycles. The lowest BCUT2D eigenvalue weighted by molar-refractivity contribution is 0.0600. The molecule has 0 heterocycles. The monoisotopic (exact) mass is 342 g/mol. The average Bonchev–Trinajstić information content (AvgIpc) is 3.42. The molecule has 0 atom stereocenters. The van der Waals surface area contributed by atoms with Crippen molar-refractivity contribution in [2.75, 3.05) is 19.0 Å². The summed E-state index contributed by atoms with van der Waals surface area (Å²) in [6.07, 6.45) is 1.93. The topological polar surface area (TPSA) is 67.4 Å². The van der Waals surface area contributed by atoms with Gasteiger partial charge in [-0.15, -0.1) is 0 Å². The van der Waals surface area contributed by atoms with Gasteiger partial charge in [-0.05, 0) is 54.8 Å². The highest BCUT2D eigenvalue weighted by molar-refractivity contribution is 5.92. The number of urea groups is 1. The van der Waals surface area contributed by atoms with Gasteiger partial charge in [-0.1, -0.05) is 12.1 Å². The van der Waals surface area contributed by atoms with Gasteiger partial charge in [0.15, 0.2) is 0 Å². The lowest BCUT2D eigenvalue weighted by Gasteiger charge is -2.17. The number of anilines is 1. The lowest BCUT2D eigenvalue weighted by Crippen LogP contribution is -2.35. The first-order valence-corrected chi connectivity index (χ1v) is 8.02. The highest BCUT2D eigenvalue weighted by Gasteiger charge is 2.44. The fraction of sp³-hybridized carbons (Fsp3) is 0.263. The van der Waals surface area contributed by atoms with Crippen LogP contribution in [0.3, 0.4) is 0 Å². The number of halogens is 1. The van der Waals surface area contributed by atoms with Crippen molar-refractivity contribution in [3.8, 4) is 0 Å². The van der Waals surface area contributed by atoms with Crippen molar-refractivity contribution in [2.24, 2.45) is 0 Å². The summed E-state index contributed by atoms with van der Waals surface area (Å²) in [6, 6.07) is 12.6. The Kier molecular flexibility index (Phi) is 4.70. The van der Waals surface area contributed by atoms with Gasteiger partial charge in [0.25, 0.3) is 0 Å². The van der Waals surface area contributed by atoms with Gasteiger partial charge in [0, 0.05) is 17.6 Å². The highest BCUT2D eigenvalue weighted by Crippen LogP contribution is 2.47. The van der Waals surface area contributed by atoms with E-state index in [4.69, 9.17) is 0 Å². The zero-order valence-corrected chi connectivity index (χ0v) is 13.8. The highest BCUT2D eigenvalue weighted by atomic mass is 19.1. The first-order valence-electron chi connectivity index (χ1n) is 8.02. The van der Waals surface area contributed by atoms with E-state index in [9.17, 15) is 14.0 Å². The van der Waals surface area contributed by atoms with Gasteiger partial charge in [0.2, 0.25) is 0 Å². The Hall–Kier alpha value is -2.89. The molecule has 6 heteroatoms. The minimum Gasteiger partial charge on any atom is -0.465 e. The zero-order valence-electron chi connectivity index (χ0n) is 13.8. The molecule has 0 radical (unpaired) electrons. The summed E-state index contributed by atoms with van der Waals surface area (Å²) in [5, 5.41) is 5.58. The second-order valence-corrected chi connectivity index (χ2v) is 6.16. The molecule has 0 unspecified atom stereocenters. The third-order valence-corrected chi connectivity index (χ3v) is 4.46. The predicted octanol–water partition coefficient (Wildman–Crippen LogP) is 3.47. The molecule has 1 fully saturated rings. The van der Waals surface area contributed by atoms with Crippen molar-refractivity contribution >= 4 is 17.7 Å². The van der Waals surface area contributed by atoms with Crippen LogP contribution in [0.5, 0.6) is 0 Å². The number of esters is 1. The first-order chi connectivity index (χ1) is 12.0. The summed E-state index contributed by atoms with van der Waals surface area (Å²) in [4.78, 5) is 23.5. The van der Waals surface area contributed by atoms with Crippen LogP contribution in [-0.2, 0) is 10.2 Å². The Morgan fingerprint density at radius 3 is 2.28 bits per heavy atom. The van der Waals surface area contributed by atoms with E-state index in [0.717, 1.165) is 18.4 Å². The largest absolute Gasteiger partial charge is 0.465 e. The van der Waals surface area contributed by atoms with E-state index in [1.807, 2.05) is 0 Å².